The Morgan fingerprint density at radius 1 is 1.08 bits per heavy atom. The zero-order chi connectivity index (χ0) is 17.4. The maximum atomic E-state index is 13.5. The van der Waals surface area contributed by atoms with Crippen molar-refractivity contribution < 1.29 is 18.7 Å². The summed E-state index contributed by atoms with van der Waals surface area (Å²) in [6.07, 6.45) is 1.25. The molecule has 126 valence electrons. The van der Waals surface area contributed by atoms with Crippen molar-refractivity contribution in [3.63, 3.8) is 0 Å². The maximum absolute atomic E-state index is 13.5. The first kappa shape index (κ1) is 17.7. The van der Waals surface area contributed by atoms with E-state index in [1.807, 2.05) is 0 Å². The number of rotatable bonds is 7. The zero-order valence-corrected chi connectivity index (χ0v) is 13.5. The first-order chi connectivity index (χ1) is 11.6. The molecule has 1 amide bonds. The third kappa shape index (κ3) is 4.91. The summed E-state index contributed by atoms with van der Waals surface area (Å²) < 4.78 is 18.5. The predicted molar refractivity (Wildman–Crippen MR) is 90.4 cm³/mol. The summed E-state index contributed by atoms with van der Waals surface area (Å²) in [6, 6.07) is 13.2. The number of benzene rings is 2. The number of carbonyl (C=O) groups is 2. The van der Waals surface area contributed by atoms with Gasteiger partial charge in [0.05, 0.1) is 17.9 Å². The van der Waals surface area contributed by atoms with E-state index in [1.165, 1.54) is 6.07 Å². The predicted octanol–water partition coefficient (Wildman–Crippen LogP) is 3.96. The third-order valence-electron chi connectivity index (χ3n) is 3.50. The zero-order valence-electron chi connectivity index (χ0n) is 13.5. The second-order valence-corrected chi connectivity index (χ2v) is 5.26. The van der Waals surface area contributed by atoms with Crippen molar-refractivity contribution in [2.75, 3.05) is 11.9 Å². The molecule has 0 spiro atoms. The van der Waals surface area contributed by atoms with Crippen LogP contribution >= 0.6 is 0 Å². The molecule has 1 N–H and O–H groups in total. The van der Waals surface area contributed by atoms with Gasteiger partial charge in [0.1, 0.15) is 5.82 Å². The molecule has 0 aliphatic rings. The van der Waals surface area contributed by atoms with Crippen LogP contribution in [0.3, 0.4) is 0 Å². The van der Waals surface area contributed by atoms with Gasteiger partial charge in [-0.3, -0.25) is 4.79 Å². The van der Waals surface area contributed by atoms with E-state index in [-0.39, 0.29) is 24.8 Å². The van der Waals surface area contributed by atoms with Crippen molar-refractivity contribution in [1.29, 1.82) is 0 Å². The topological polar surface area (TPSA) is 55.4 Å². The van der Waals surface area contributed by atoms with Crippen molar-refractivity contribution in [3.8, 4) is 0 Å². The van der Waals surface area contributed by atoms with Crippen LogP contribution in [0, 0.1) is 5.82 Å². The van der Waals surface area contributed by atoms with Gasteiger partial charge in [-0.25, -0.2) is 9.18 Å². The minimum atomic E-state index is -0.472. The number of ether oxygens (including phenoxy) is 1. The molecule has 0 aromatic heterocycles. The van der Waals surface area contributed by atoms with E-state index in [0.29, 0.717) is 29.7 Å². The van der Waals surface area contributed by atoms with E-state index < -0.39 is 5.97 Å². The van der Waals surface area contributed by atoms with Gasteiger partial charge in [-0.15, -0.1) is 0 Å². The van der Waals surface area contributed by atoms with Gasteiger partial charge in [0, 0.05) is 6.42 Å². The number of nitrogens with one attached hydrogen (secondary N) is 1. The third-order valence-corrected chi connectivity index (χ3v) is 3.50. The van der Waals surface area contributed by atoms with Gasteiger partial charge < -0.3 is 10.1 Å². The Labute approximate surface area is 140 Å². The van der Waals surface area contributed by atoms with Crippen LogP contribution in [-0.2, 0) is 16.0 Å². The molecule has 0 bridgehead atoms. The van der Waals surface area contributed by atoms with E-state index in [9.17, 15) is 14.0 Å². The van der Waals surface area contributed by atoms with Gasteiger partial charge >= 0.3 is 5.97 Å². The Morgan fingerprint density at radius 3 is 2.54 bits per heavy atom. The first-order valence-electron chi connectivity index (χ1n) is 7.91. The SMILES string of the molecule is CCOC(=O)c1ccccc1NC(=O)CCCc1ccccc1F. The number of carbonyl (C=O) groups excluding carboxylic acids is 2. The molecule has 0 saturated carbocycles. The minimum absolute atomic E-state index is 0.219. The number of anilines is 1. The highest BCUT2D eigenvalue weighted by atomic mass is 19.1. The molecule has 0 unspecified atom stereocenters. The van der Waals surface area contributed by atoms with Crippen molar-refractivity contribution in [2.45, 2.75) is 26.2 Å². The lowest BCUT2D eigenvalue weighted by Crippen LogP contribution is -2.15. The molecule has 2 rings (SSSR count). The lowest BCUT2D eigenvalue weighted by atomic mass is 10.1. The standard InChI is InChI=1S/C19H20FNO3/c1-2-24-19(23)15-10-4-6-12-17(15)21-18(22)13-7-9-14-8-3-5-11-16(14)20/h3-6,8,10-12H,2,7,9,13H2,1H3,(H,21,22). The van der Waals surface area contributed by atoms with Crippen LogP contribution < -0.4 is 5.32 Å². The molecular weight excluding hydrogens is 309 g/mol. The first-order valence-corrected chi connectivity index (χ1v) is 7.91. The molecule has 0 fully saturated rings. The van der Waals surface area contributed by atoms with Crippen molar-refractivity contribution >= 4 is 17.6 Å². The number of hydrogen-bond donors (Lipinski definition) is 1. The van der Waals surface area contributed by atoms with Crippen LogP contribution in [-0.4, -0.2) is 18.5 Å². The summed E-state index contributed by atoms with van der Waals surface area (Å²) in [5.74, 6) is -0.951. The Morgan fingerprint density at radius 2 is 1.79 bits per heavy atom. The summed E-state index contributed by atoms with van der Waals surface area (Å²) in [6.45, 7) is 1.99. The van der Waals surface area contributed by atoms with Gasteiger partial charge in [-0.05, 0) is 43.5 Å². The minimum Gasteiger partial charge on any atom is -0.462 e. The second-order valence-electron chi connectivity index (χ2n) is 5.26. The van der Waals surface area contributed by atoms with Gasteiger partial charge in [0.2, 0.25) is 5.91 Å². The average Bonchev–Trinajstić information content (AvgIpc) is 2.57. The number of esters is 1. The number of aryl methyl sites for hydroxylation is 1. The van der Waals surface area contributed by atoms with Crippen molar-refractivity contribution in [1.82, 2.24) is 0 Å². The van der Waals surface area contributed by atoms with Gasteiger partial charge in [0.15, 0.2) is 0 Å². The fourth-order valence-electron chi connectivity index (χ4n) is 2.33. The molecule has 2 aromatic rings. The van der Waals surface area contributed by atoms with Gasteiger partial charge in [0.25, 0.3) is 0 Å². The molecule has 0 aliphatic heterocycles. The van der Waals surface area contributed by atoms with E-state index in [4.69, 9.17) is 4.74 Å². The molecule has 2 aromatic carbocycles. The molecule has 5 heteroatoms. The second kappa shape index (κ2) is 8.82. The summed E-state index contributed by atoms with van der Waals surface area (Å²) in [7, 11) is 0. The number of halogens is 1. The molecular formula is C19H20FNO3. The Balaban J connectivity index is 1.91. The van der Waals surface area contributed by atoms with E-state index >= 15 is 0 Å². The van der Waals surface area contributed by atoms with Crippen LogP contribution in [0.5, 0.6) is 0 Å². The summed E-state index contributed by atoms with van der Waals surface area (Å²) in [5.41, 5.74) is 1.34. The number of para-hydroxylation sites is 1. The lowest BCUT2D eigenvalue weighted by molar-refractivity contribution is -0.116. The van der Waals surface area contributed by atoms with Gasteiger partial charge in [-0.1, -0.05) is 30.3 Å². The highest BCUT2D eigenvalue weighted by molar-refractivity contribution is 6.01. The highest BCUT2D eigenvalue weighted by Gasteiger charge is 2.13. The molecule has 0 aliphatic carbocycles. The number of hydrogen-bond acceptors (Lipinski definition) is 3. The van der Waals surface area contributed by atoms with Crippen LogP contribution in [0.4, 0.5) is 10.1 Å². The molecule has 0 atom stereocenters. The monoisotopic (exact) mass is 329 g/mol. The van der Waals surface area contributed by atoms with Crippen LogP contribution in [0.15, 0.2) is 48.5 Å². The van der Waals surface area contributed by atoms with Crippen LogP contribution in [0.1, 0.15) is 35.7 Å². The smallest absolute Gasteiger partial charge is 0.340 e. The van der Waals surface area contributed by atoms with E-state index in [2.05, 4.69) is 5.32 Å². The van der Waals surface area contributed by atoms with Gasteiger partial charge in [-0.2, -0.15) is 0 Å². The Bertz CT molecular complexity index is 715. The van der Waals surface area contributed by atoms with Crippen LogP contribution in [0.25, 0.3) is 0 Å². The molecule has 24 heavy (non-hydrogen) atoms. The van der Waals surface area contributed by atoms with Crippen LogP contribution in [0.2, 0.25) is 0 Å². The Hall–Kier alpha value is -2.69. The largest absolute Gasteiger partial charge is 0.462 e. The fourth-order valence-corrected chi connectivity index (χ4v) is 2.33. The number of amides is 1. The normalized spacial score (nSPS) is 10.2. The average molecular weight is 329 g/mol. The van der Waals surface area contributed by atoms with E-state index in [1.54, 1.807) is 49.4 Å². The lowest BCUT2D eigenvalue weighted by Gasteiger charge is -2.10. The highest BCUT2D eigenvalue weighted by Crippen LogP contribution is 2.17. The fraction of sp³-hybridized carbons (Fsp3) is 0.263. The summed E-state index contributed by atoms with van der Waals surface area (Å²) in [5, 5.41) is 2.72. The van der Waals surface area contributed by atoms with Crippen molar-refractivity contribution in [2.24, 2.45) is 0 Å². The van der Waals surface area contributed by atoms with Crippen molar-refractivity contribution in [3.05, 3.63) is 65.5 Å². The van der Waals surface area contributed by atoms with E-state index in [0.717, 1.165) is 0 Å². The quantitative estimate of drug-likeness (QED) is 0.782. The summed E-state index contributed by atoms with van der Waals surface area (Å²) in [4.78, 5) is 23.9. The molecule has 0 saturated heterocycles. The summed E-state index contributed by atoms with van der Waals surface area (Å²) >= 11 is 0. The molecule has 4 nitrogen and oxygen atoms in total. The molecule has 0 radical (unpaired) electrons. The maximum Gasteiger partial charge on any atom is 0.340 e. The molecule has 0 heterocycles. The Kier molecular flexibility index (Phi) is 6.49.